The number of benzene rings is 2. The van der Waals surface area contributed by atoms with Gasteiger partial charge >= 0.3 is 13.2 Å². The number of hydrogen-bond donors (Lipinski definition) is 1. The van der Waals surface area contributed by atoms with Crippen molar-refractivity contribution in [1.82, 2.24) is 4.98 Å². The normalized spacial score (nSPS) is 11.0. The SMILES string of the molecule is NC(=O)c1ccc(CN(Cc2cncs2)c2ccc(OC(F)F)c(OC(F)F)c2)cc1. The van der Waals surface area contributed by atoms with Gasteiger partial charge in [0.25, 0.3) is 0 Å². The Morgan fingerprint density at radius 2 is 1.68 bits per heavy atom. The predicted molar refractivity (Wildman–Crippen MR) is 107 cm³/mol. The van der Waals surface area contributed by atoms with Crippen molar-refractivity contribution in [1.29, 1.82) is 0 Å². The Kier molecular flexibility index (Phi) is 7.29. The minimum absolute atomic E-state index is 0.320. The molecule has 0 aliphatic rings. The summed E-state index contributed by atoms with van der Waals surface area (Å²) in [6.45, 7) is -5.72. The number of nitrogens with zero attached hydrogens (tertiary/aromatic N) is 2. The van der Waals surface area contributed by atoms with E-state index >= 15 is 0 Å². The number of ether oxygens (including phenoxy) is 2. The second-order valence-electron chi connectivity index (χ2n) is 6.27. The highest BCUT2D eigenvalue weighted by Gasteiger charge is 2.18. The highest BCUT2D eigenvalue weighted by Crippen LogP contribution is 2.35. The summed E-state index contributed by atoms with van der Waals surface area (Å²) in [5.41, 5.74) is 8.49. The van der Waals surface area contributed by atoms with Gasteiger partial charge < -0.3 is 20.1 Å². The zero-order chi connectivity index (χ0) is 22.4. The smallest absolute Gasteiger partial charge is 0.387 e. The molecule has 0 saturated carbocycles. The Morgan fingerprint density at radius 3 is 2.26 bits per heavy atom. The molecule has 31 heavy (non-hydrogen) atoms. The summed E-state index contributed by atoms with van der Waals surface area (Å²) in [5, 5.41) is 0. The van der Waals surface area contributed by atoms with Crippen LogP contribution in [0.4, 0.5) is 23.2 Å². The molecule has 2 aromatic carbocycles. The summed E-state index contributed by atoms with van der Waals surface area (Å²) < 4.78 is 59.5. The van der Waals surface area contributed by atoms with Crippen molar-refractivity contribution in [3.05, 3.63) is 70.2 Å². The molecule has 164 valence electrons. The van der Waals surface area contributed by atoms with Gasteiger partial charge in [-0.15, -0.1) is 11.3 Å². The first-order valence-electron chi connectivity index (χ1n) is 8.86. The van der Waals surface area contributed by atoms with Gasteiger partial charge in [0.2, 0.25) is 5.91 Å². The molecule has 6 nitrogen and oxygen atoms in total. The molecule has 0 fully saturated rings. The van der Waals surface area contributed by atoms with Crippen molar-refractivity contribution >= 4 is 22.9 Å². The predicted octanol–water partition coefficient (Wildman–Crippen LogP) is 4.65. The molecule has 0 unspecified atom stereocenters. The van der Waals surface area contributed by atoms with Crippen LogP contribution < -0.4 is 20.1 Å². The third kappa shape index (κ3) is 6.32. The van der Waals surface area contributed by atoms with E-state index in [-0.39, 0.29) is 0 Å². The first-order valence-corrected chi connectivity index (χ1v) is 9.74. The Balaban J connectivity index is 1.93. The molecule has 1 heterocycles. The van der Waals surface area contributed by atoms with Crippen LogP contribution in [0.5, 0.6) is 11.5 Å². The number of thiazole rings is 1. The largest absolute Gasteiger partial charge is 0.431 e. The van der Waals surface area contributed by atoms with Crippen LogP contribution in [0.2, 0.25) is 0 Å². The van der Waals surface area contributed by atoms with Crippen LogP contribution >= 0.6 is 11.3 Å². The van der Waals surface area contributed by atoms with E-state index < -0.39 is 30.6 Å². The Bertz CT molecular complexity index is 1000. The molecule has 0 atom stereocenters. The highest BCUT2D eigenvalue weighted by molar-refractivity contribution is 7.09. The number of nitrogens with two attached hydrogens (primary N) is 1. The Morgan fingerprint density at radius 1 is 1.00 bits per heavy atom. The van der Waals surface area contributed by atoms with Gasteiger partial charge in [-0.2, -0.15) is 17.6 Å². The number of anilines is 1. The van der Waals surface area contributed by atoms with Crippen molar-refractivity contribution in [3.63, 3.8) is 0 Å². The lowest BCUT2D eigenvalue weighted by Gasteiger charge is -2.25. The maximum Gasteiger partial charge on any atom is 0.387 e. The summed E-state index contributed by atoms with van der Waals surface area (Å²) in [5.74, 6) is -1.56. The number of primary amides is 1. The van der Waals surface area contributed by atoms with Crippen molar-refractivity contribution in [2.45, 2.75) is 26.3 Å². The van der Waals surface area contributed by atoms with Gasteiger partial charge in [-0.3, -0.25) is 9.78 Å². The standard InChI is InChI=1S/C20H17F4N3O3S/c21-19(22)29-16-6-5-14(7-17(16)30-20(23)24)27(10-15-8-26-11-31-15)9-12-1-3-13(4-2-12)18(25)28/h1-8,11,19-20H,9-10H2,(H2,25,28). The molecule has 11 heteroatoms. The van der Waals surface area contributed by atoms with Crippen LogP contribution in [0.25, 0.3) is 0 Å². The molecule has 0 radical (unpaired) electrons. The highest BCUT2D eigenvalue weighted by atomic mass is 32.1. The van der Waals surface area contributed by atoms with Crippen LogP contribution in [0.15, 0.2) is 54.2 Å². The van der Waals surface area contributed by atoms with E-state index in [1.54, 1.807) is 36.0 Å². The second-order valence-corrected chi connectivity index (χ2v) is 7.24. The van der Waals surface area contributed by atoms with Crippen molar-refractivity contribution < 1.29 is 31.8 Å². The fourth-order valence-corrected chi connectivity index (χ4v) is 3.43. The molecule has 3 rings (SSSR count). The van der Waals surface area contributed by atoms with Crippen LogP contribution in [0.3, 0.4) is 0 Å². The van der Waals surface area contributed by atoms with Crippen LogP contribution in [-0.2, 0) is 13.1 Å². The molecule has 1 amide bonds. The van der Waals surface area contributed by atoms with E-state index in [4.69, 9.17) is 5.73 Å². The maximum atomic E-state index is 12.8. The molecule has 0 aliphatic heterocycles. The topological polar surface area (TPSA) is 77.7 Å². The van der Waals surface area contributed by atoms with Crippen molar-refractivity contribution in [2.75, 3.05) is 4.90 Å². The van der Waals surface area contributed by atoms with Gasteiger partial charge in [0, 0.05) is 34.9 Å². The number of amides is 1. The average Bonchev–Trinajstić information content (AvgIpc) is 3.21. The zero-order valence-electron chi connectivity index (χ0n) is 15.9. The number of rotatable bonds is 10. The quantitative estimate of drug-likeness (QED) is 0.450. The van der Waals surface area contributed by atoms with E-state index in [0.717, 1.165) is 16.5 Å². The third-order valence-corrected chi connectivity index (χ3v) is 4.93. The monoisotopic (exact) mass is 455 g/mol. The molecular formula is C20H17F4N3O3S. The van der Waals surface area contributed by atoms with Crippen molar-refractivity contribution in [2.24, 2.45) is 5.73 Å². The van der Waals surface area contributed by atoms with E-state index in [1.807, 2.05) is 4.90 Å². The minimum atomic E-state index is -3.22. The number of carbonyl (C=O) groups is 1. The molecule has 0 bridgehead atoms. The van der Waals surface area contributed by atoms with Crippen molar-refractivity contribution in [3.8, 4) is 11.5 Å². The zero-order valence-corrected chi connectivity index (χ0v) is 16.7. The molecule has 0 saturated heterocycles. The van der Waals surface area contributed by atoms with Gasteiger partial charge in [0.15, 0.2) is 11.5 Å². The number of aromatic nitrogens is 1. The number of halogens is 4. The van der Waals surface area contributed by atoms with Gasteiger partial charge in [0.05, 0.1) is 12.1 Å². The lowest BCUT2D eigenvalue weighted by molar-refractivity contribution is -0.0692. The Labute approximate surface area is 178 Å². The van der Waals surface area contributed by atoms with E-state index in [9.17, 15) is 22.4 Å². The van der Waals surface area contributed by atoms with Gasteiger partial charge in [0.1, 0.15) is 0 Å². The molecule has 2 N–H and O–H groups in total. The summed E-state index contributed by atoms with van der Waals surface area (Å²) >= 11 is 1.40. The summed E-state index contributed by atoms with van der Waals surface area (Å²) in [6, 6.07) is 10.4. The third-order valence-electron chi connectivity index (χ3n) is 4.17. The fraction of sp³-hybridized carbons (Fsp3) is 0.200. The van der Waals surface area contributed by atoms with E-state index in [1.165, 1.54) is 23.5 Å². The van der Waals surface area contributed by atoms with Gasteiger partial charge in [-0.25, -0.2) is 0 Å². The van der Waals surface area contributed by atoms with E-state index in [2.05, 4.69) is 14.5 Å². The number of hydrogen-bond acceptors (Lipinski definition) is 6. The lowest BCUT2D eigenvalue weighted by Crippen LogP contribution is -2.22. The van der Waals surface area contributed by atoms with Crippen LogP contribution in [0, 0.1) is 0 Å². The summed E-state index contributed by atoms with van der Waals surface area (Å²) in [4.78, 5) is 18.0. The minimum Gasteiger partial charge on any atom is -0.431 e. The van der Waals surface area contributed by atoms with Crippen LogP contribution in [-0.4, -0.2) is 24.1 Å². The first-order chi connectivity index (χ1) is 14.8. The Hall–Kier alpha value is -3.34. The molecule has 1 aromatic heterocycles. The maximum absolute atomic E-state index is 12.8. The average molecular weight is 455 g/mol. The number of carbonyl (C=O) groups excluding carboxylic acids is 1. The summed E-state index contributed by atoms with van der Waals surface area (Å²) in [7, 11) is 0. The lowest BCUT2D eigenvalue weighted by atomic mass is 10.1. The fourth-order valence-electron chi connectivity index (χ4n) is 2.82. The molecule has 0 spiro atoms. The second kappa shape index (κ2) is 10.1. The number of alkyl halides is 4. The van der Waals surface area contributed by atoms with Crippen LogP contribution in [0.1, 0.15) is 20.8 Å². The van der Waals surface area contributed by atoms with Gasteiger partial charge in [-0.05, 0) is 29.8 Å². The molecule has 3 aromatic rings. The molecule has 0 aliphatic carbocycles. The molecular weight excluding hydrogens is 438 g/mol. The summed E-state index contributed by atoms with van der Waals surface area (Å²) in [6.07, 6.45) is 1.67. The van der Waals surface area contributed by atoms with Gasteiger partial charge in [-0.1, -0.05) is 12.1 Å². The first kappa shape index (κ1) is 22.3. The van der Waals surface area contributed by atoms with E-state index in [0.29, 0.717) is 24.3 Å².